The normalized spacial score (nSPS) is 12.8. The van der Waals surface area contributed by atoms with Gasteiger partial charge in [-0.1, -0.05) is 77.0 Å². The summed E-state index contributed by atoms with van der Waals surface area (Å²) in [6, 6.07) is 0. The number of unbranched alkanes of at least 4 members (excludes halogenated alkanes) is 12. The van der Waals surface area contributed by atoms with Crippen LogP contribution in [0.25, 0.3) is 0 Å². The Morgan fingerprint density at radius 2 is 1.04 bits per heavy atom. The molecule has 0 amide bonds. The molecule has 0 aliphatic rings. The van der Waals surface area contributed by atoms with Gasteiger partial charge in [0.1, 0.15) is 0 Å². The third-order valence-electron chi connectivity index (χ3n) is 4.26. The fourth-order valence-corrected chi connectivity index (χ4v) is 3.09. The van der Waals surface area contributed by atoms with Crippen molar-refractivity contribution >= 4 is 10.1 Å². The van der Waals surface area contributed by atoms with Gasteiger partial charge in [0.25, 0.3) is 0 Å². The van der Waals surface area contributed by atoms with Crippen LogP contribution in [-0.4, -0.2) is 29.9 Å². The van der Waals surface area contributed by atoms with Gasteiger partial charge in [0.05, 0.1) is 10.1 Å². The fourth-order valence-electron chi connectivity index (χ4n) is 2.63. The van der Waals surface area contributed by atoms with Crippen molar-refractivity contribution in [1.82, 2.24) is 0 Å². The number of aliphatic hydroxyl groups is 1. The van der Waals surface area contributed by atoms with Crippen LogP contribution < -0.4 is 51.4 Å². The molecule has 4 nitrogen and oxygen atoms in total. The van der Waals surface area contributed by atoms with Crippen molar-refractivity contribution in [3.8, 4) is 0 Å². The molecule has 0 fully saturated rings. The summed E-state index contributed by atoms with van der Waals surface area (Å²) in [7, 11) is -4.08. The van der Waals surface area contributed by atoms with Gasteiger partial charge in [0, 0.05) is 11.9 Å². The molecule has 0 aromatic heterocycles. The van der Waals surface area contributed by atoms with Gasteiger partial charge in [-0.25, -0.2) is 8.42 Å². The number of aliphatic hydroxyl groups excluding tert-OH is 1. The molecule has 6 heteroatoms. The number of hydrogen-bond donors (Lipinski definition) is 1. The molecule has 0 spiro atoms. The van der Waals surface area contributed by atoms with Crippen LogP contribution in [-0.2, 0) is 10.1 Å². The molecule has 0 radical (unpaired) electrons. The zero-order chi connectivity index (χ0) is 16.7. The summed E-state index contributed by atoms with van der Waals surface area (Å²) in [6.45, 7) is 1.83. The monoisotopic (exact) mass is 374 g/mol. The summed E-state index contributed by atoms with van der Waals surface area (Å²) in [6.07, 6.45) is 15.9. The van der Waals surface area contributed by atoms with Crippen molar-refractivity contribution in [3.63, 3.8) is 0 Å². The minimum Gasteiger partial charge on any atom is -0.748 e. The Morgan fingerprint density at radius 1 is 0.739 bits per heavy atom. The van der Waals surface area contributed by atoms with Crippen molar-refractivity contribution in [3.05, 3.63) is 0 Å². The fraction of sp³-hybridized carbons (Fsp3) is 1.00. The topological polar surface area (TPSA) is 77.4 Å². The molecule has 0 aromatic rings. The zero-order valence-electron chi connectivity index (χ0n) is 15.3. The molecule has 23 heavy (non-hydrogen) atoms. The SMILES string of the molecule is CC(CCCCCCCCCCCCCCCO)S(=O)(=O)[O-].[K+]. The molecule has 0 heterocycles. The van der Waals surface area contributed by atoms with Crippen molar-refractivity contribution in [2.24, 2.45) is 0 Å². The van der Waals surface area contributed by atoms with E-state index in [0.717, 1.165) is 32.1 Å². The number of hydrogen-bond acceptors (Lipinski definition) is 4. The quantitative estimate of drug-likeness (QED) is 0.251. The van der Waals surface area contributed by atoms with Crippen molar-refractivity contribution < 1.29 is 69.5 Å². The van der Waals surface area contributed by atoms with E-state index in [0.29, 0.717) is 13.0 Å². The Bertz CT molecular complexity index is 333. The van der Waals surface area contributed by atoms with Crippen LogP contribution in [0.4, 0.5) is 0 Å². The Morgan fingerprint density at radius 3 is 1.35 bits per heavy atom. The van der Waals surface area contributed by atoms with E-state index >= 15 is 0 Å². The first-order valence-electron chi connectivity index (χ1n) is 9.04. The largest absolute Gasteiger partial charge is 1.00 e. The van der Waals surface area contributed by atoms with Gasteiger partial charge in [-0.05, 0) is 19.8 Å². The molecule has 134 valence electrons. The van der Waals surface area contributed by atoms with E-state index in [1.54, 1.807) is 0 Å². The van der Waals surface area contributed by atoms with Crippen LogP contribution in [0.15, 0.2) is 0 Å². The third-order valence-corrected chi connectivity index (χ3v) is 5.48. The van der Waals surface area contributed by atoms with Gasteiger partial charge in [0.2, 0.25) is 0 Å². The molecule has 0 saturated carbocycles. The molecule has 0 aliphatic carbocycles. The maximum atomic E-state index is 10.7. The molecule has 0 bridgehead atoms. The van der Waals surface area contributed by atoms with E-state index in [1.807, 2.05) is 0 Å². The van der Waals surface area contributed by atoms with Crippen LogP contribution in [0.3, 0.4) is 0 Å². The summed E-state index contributed by atoms with van der Waals surface area (Å²) in [5.74, 6) is 0. The van der Waals surface area contributed by atoms with Gasteiger partial charge in [-0.15, -0.1) is 0 Å². The summed E-state index contributed by atoms with van der Waals surface area (Å²) >= 11 is 0. The molecule has 0 rings (SSSR count). The van der Waals surface area contributed by atoms with Gasteiger partial charge in [0.15, 0.2) is 0 Å². The minimum absolute atomic E-state index is 0. The maximum Gasteiger partial charge on any atom is 1.00 e. The van der Waals surface area contributed by atoms with Crippen LogP contribution in [0, 0.1) is 0 Å². The second-order valence-corrected chi connectivity index (χ2v) is 8.20. The predicted molar refractivity (Wildman–Crippen MR) is 90.9 cm³/mol. The molecule has 0 saturated heterocycles. The van der Waals surface area contributed by atoms with Crippen LogP contribution in [0.1, 0.15) is 96.8 Å². The van der Waals surface area contributed by atoms with Gasteiger partial charge >= 0.3 is 51.4 Å². The van der Waals surface area contributed by atoms with E-state index in [4.69, 9.17) is 5.11 Å². The van der Waals surface area contributed by atoms with Crippen LogP contribution in [0.2, 0.25) is 0 Å². The first-order chi connectivity index (χ1) is 10.5. The Balaban J connectivity index is 0. The first-order valence-corrected chi connectivity index (χ1v) is 10.5. The first kappa shape index (κ1) is 26.7. The molecule has 1 atom stereocenters. The standard InChI is InChI=1S/C17H36O4S.K/c1-17(22(19,20)21)15-13-11-9-7-5-3-2-4-6-8-10-12-14-16-18;/h17-18H,2-16H2,1H3,(H,19,20,21);/q;+1/p-1. The van der Waals surface area contributed by atoms with E-state index in [-0.39, 0.29) is 51.4 Å². The van der Waals surface area contributed by atoms with Crippen molar-refractivity contribution in [1.29, 1.82) is 0 Å². The van der Waals surface area contributed by atoms with E-state index in [9.17, 15) is 13.0 Å². The van der Waals surface area contributed by atoms with Gasteiger partial charge in [-0.2, -0.15) is 0 Å². The Labute approximate surface area is 186 Å². The summed E-state index contributed by atoms with van der Waals surface area (Å²) < 4.78 is 32.2. The average molecular weight is 375 g/mol. The minimum atomic E-state index is -4.08. The Hall–Kier alpha value is 1.51. The molecule has 0 aliphatic heterocycles. The maximum absolute atomic E-state index is 10.7. The van der Waals surface area contributed by atoms with Crippen molar-refractivity contribution in [2.45, 2.75) is 102 Å². The number of rotatable bonds is 16. The third kappa shape index (κ3) is 19.7. The van der Waals surface area contributed by atoms with Gasteiger partial charge in [-0.3, -0.25) is 0 Å². The van der Waals surface area contributed by atoms with E-state index in [1.165, 1.54) is 58.3 Å². The molecule has 1 N–H and O–H groups in total. The summed E-state index contributed by atoms with van der Waals surface area (Å²) in [4.78, 5) is 0. The molecule has 0 aromatic carbocycles. The van der Waals surface area contributed by atoms with Crippen molar-refractivity contribution in [2.75, 3.05) is 6.61 Å². The summed E-state index contributed by atoms with van der Waals surface area (Å²) in [5, 5.41) is 7.93. The summed E-state index contributed by atoms with van der Waals surface area (Å²) in [5.41, 5.74) is 0. The van der Waals surface area contributed by atoms with E-state index < -0.39 is 15.4 Å². The Kier molecular flexibility index (Phi) is 21.3. The van der Waals surface area contributed by atoms with Crippen LogP contribution in [0.5, 0.6) is 0 Å². The second-order valence-electron chi connectivity index (χ2n) is 6.41. The zero-order valence-corrected chi connectivity index (χ0v) is 19.2. The average Bonchev–Trinajstić information content (AvgIpc) is 2.46. The smallest absolute Gasteiger partial charge is 0.748 e. The van der Waals surface area contributed by atoms with Gasteiger partial charge < -0.3 is 9.66 Å². The molecule has 1 unspecified atom stereocenters. The second kappa shape index (κ2) is 18.3. The van der Waals surface area contributed by atoms with Crippen LogP contribution >= 0.6 is 0 Å². The van der Waals surface area contributed by atoms with E-state index in [2.05, 4.69) is 0 Å². The molecular weight excluding hydrogens is 339 g/mol. The predicted octanol–water partition coefficient (Wildman–Crippen LogP) is 1.38. The molecular formula is C17H35KO4S.